The highest BCUT2D eigenvalue weighted by Crippen LogP contribution is 2.25. The van der Waals surface area contributed by atoms with Crippen LogP contribution >= 0.6 is 22.5 Å². The molecule has 0 N–H and O–H groups in total. The molecule has 0 saturated carbocycles. The average molecular weight is 136 g/mol. The quantitative estimate of drug-likeness (QED) is 0.434. The molecule has 0 aromatic heterocycles. The summed E-state index contributed by atoms with van der Waals surface area (Å²) in [6.45, 7) is 0.929. The van der Waals surface area contributed by atoms with Crippen molar-refractivity contribution in [3.05, 3.63) is 0 Å². The van der Waals surface area contributed by atoms with Crippen molar-refractivity contribution in [3.63, 3.8) is 0 Å². The molecule has 0 aromatic carbocycles. The van der Waals surface area contributed by atoms with E-state index in [1.807, 2.05) is 0 Å². The van der Waals surface area contributed by atoms with Crippen LogP contribution in [0.1, 0.15) is 12.8 Å². The highest BCUT2D eigenvalue weighted by molar-refractivity contribution is 8.68. The van der Waals surface area contributed by atoms with Crippen LogP contribution in [0.4, 0.5) is 0 Å². The van der Waals surface area contributed by atoms with Gasteiger partial charge in [0.2, 0.25) is 0 Å². The van der Waals surface area contributed by atoms with E-state index in [0.29, 0.717) is 5.44 Å². The van der Waals surface area contributed by atoms with Gasteiger partial charge in [-0.3, -0.25) is 0 Å². The Morgan fingerprint density at radius 1 is 1.71 bits per heavy atom. The van der Waals surface area contributed by atoms with Crippen LogP contribution in [0.15, 0.2) is 0 Å². The summed E-state index contributed by atoms with van der Waals surface area (Å²) in [7, 11) is 1.50. The first kappa shape index (κ1) is 5.79. The van der Waals surface area contributed by atoms with Crippen molar-refractivity contribution in [1.29, 1.82) is 0 Å². The van der Waals surface area contributed by atoms with Gasteiger partial charge in [-0.25, -0.2) is 0 Å². The Kier molecular flexibility index (Phi) is 2.35. The van der Waals surface area contributed by atoms with E-state index in [1.165, 1.54) is 23.6 Å². The van der Waals surface area contributed by atoms with E-state index in [1.54, 1.807) is 0 Å². The second-order valence-electron chi connectivity index (χ2n) is 1.55. The fourth-order valence-corrected chi connectivity index (χ4v) is 1.56. The number of hydrogen-bond donors (Lipinski definition) is 1. The number of rotatable bonds is 1. The van der Waals surface area contributed by atoms with Gasteiger partial charge in [-0.05, 0) is 12.8 Å². The molecule has 1 atom stereocenters. The number of hydrogen-bond acceptors (Lipinski definition) is 3. The highest BCUT2D eigenvalue weighted by atomic mass is 33.1. The van der Waals surface area contributed by atoms with Gasteiger partial charge in [0.05, 0.1) is 0 Å². The Balaban J connectivity index is 2.14. The van der Waals surface area contributed by atoms with Crippen LogP contribution < -0.4 is 0 Å². The van der Waals surface area contributed by atoms with Gasteiger partial charge in [0.15, 0.2) is 0 Å². The van der Waals surface area contributed by atoms with Crippen LogP contribution in [-0.2, 0) is 4.74 Å². The van der Waals surface area contributed by atoms with Gasteiger partial charge in [0, 0.05) is 6.61 Å². The lowest BCUT2D eigenvalue weighted by molar-refractivity contribution is 0.175. The zero-order valence-corrected chi connectivity index (χ0v) is 5.67. The van der Waals surface area contributed by atoms with Crippen LogP contribution in [0.5, 0.6) is 0 Å². The molecule has 0 amide bonds. The summed E-state index contributed by atoms with van der Waals surface area (Å²) in [5, 5.41) is 0. The summed E-state index contributed by atoms with van der Waals surface area (Å²) >= 11 is 4.01. The Morgan fingerprint density at radius 3 is 2.86 bits per heavy atom. The first-order chi connectivity index (χ1) is 3.43. The van der Waals surface area contributed by atoms with Gasteiger partial charge < -0.3 is 4.74 Å². The third-order valence-corrected chi connectivity index (χ3v) is 2.32. The molecule has 7 heavy (non-hydrogen) atoms. The third kappa shape index (κ3) is 1.55. The van der Waals surface area contributed by atoms with Gasteiger partial charge in [-0.2, -0.15) is 0 Å². The predicted octanol–water partition coefficient (Wildman–Crippen LogP) is 1.70. The van der Waals surface area contributed by atoms with Gasteiger partial charge in [0.25, 0.3) is 0 Å². The summed E-state index contributed by atoms with van der Waals surface area (Å²) in [6.07, 6.45) is 2.38. The smallest absolute Gasteiger partial charge is 0.113 e. The van der Waals surface area contributed by atoms with Crippen molar-refractivity contribution >= 4 is 22.5 Å². The lowest BCUT2D eigenvalue weighted by Gasteiger charge is -1.99. The molecule has 0 radical (unpaired) electrons. The SMILES string of the molecule is SSC1CCCO1. The van der Waals surface area contributed by atoms with E-state index >= 15 is 0 Å². The molecule has 0 aliphatic carbocycles. The lowest BCUT2D eigenvalue weighted by Crippen LogP contribution is -1.93. The van der Waals surface area contributed by atoms with Crippen LogP contribution in [0.3, 0.4) is 0 Å². The third-order valence-electron chi connectivity index (χ3n) is 1.01. The van der Waals surface area contributed by atoms with E-state index in [-0.39, 0.29) is 0 Å². The fraction of sp³-hybridized carbons (Fsp3) is 1.00. The second-order valence-corrected chi connectivity index (χ2v) is 2.92. The minimum atomic E-state index is 0.378. The minimum Gasteiger partial charge on any atom is -0.367 e. The van der Waals surface area contributed by atoms with E-state index in [4.69, 9.17) is 4.74 Å². The van der Waals surface area contributed by atoms with Crippen molar-refractivity contribution in [3.8, 4) is 0 Å². The van der Waals surface area contributed by atoms with Crippen molar-refractivity contribution in [1.82, 2.24) is 0 Å². The molecule has 0 aromatic rings. The van der Waals surface area contributed by atoms with Crippen molar-refractivity contribution in [2.45, 2.75) is 18.3 Å². The van der Waals surface area contributed by atoms with Crippen LogP contribution in [0.25, 0.3) is 0 Å². The Bertz CT molecular complexity index is 51.7. The van der Waals surface area contributed by atoms with Gasteiger partial charge >= 0.3 is 0 Å². The first-order valence-electron chi connectivity index (χ1n) is 2.35. The van der Waals surface area contributed by atoms with Crippen molar-refractivity contribution < 1.29 is 4.74 Å². The number of ether oxygens (including phenoxy) is 1. The highest BCUT2D eigenvalue weighted by Gasteiger charge is 2.12. The van der Waals surface area contributed by atoms with Crippen LogP contribution in [0.2, 0.25) is 0 Å². The van der Waals surface area contributed by atoms with Gasteiger partial charge in [-0.15, -0.1) is 11.7 Å². The van der Waals surface area contributed by atoms with E-state index in [9.17, 15) is 0 Å². The molecule has 1 saturated heterocycles. The molecule has 1 aliphatic heterocycles. The topological polar surface area (TPSA) is 9.23 Å². The van der Waals surface area contributed by atoms with Gasteiger partial charge in [0.1, 0.15) is 5.44 Å². The molecule has 0 bridgehead atoms. The molecule has 1 rings (SSSR count). The van der Waals surface area contributed by atoms with Crippen LogP contribution in [0, 0.1) is 0 Å². The molecule has 1 fully saturated rings. The number of thiol groups is 1. The second kappa shape index (κ2) is 2.84. The molecule has 1 heterocycles. The summed E-state index contributed by atoms with van der Waals surface area (Å²) in [5.74, 6) is 0. The zero-order valence-electron chi connectivity index (χ0n) is 3.96. The van der Waals surface area contributed by atoms with Crippen LogP contribution in [-0.4, -0.2) is 12.0 Å². The minimum absolute atomic E-state index is 0.378. The monoisotopic (exact) mass is 136 g/mol. The molecule has 0 spiro atoms. The van der Waals surface area contributed by atoms with E-state index in [2.05, 4.69) is 11.7 Å². The van der Waals surface area contributed by atoms with Crippen molar-refractivity contribution in [2.75, 3.05) is 6.61 Å². The predicted molar refractivity (Wildman–Crippen MR) is 35.6 cm³/mol. The normalized spacial score (nSPS) is 31.3. The van der Waals surface area contributed by atoms with Gasteiger partial charge in [-0.1, -0.05) is 10.8 Å². The van der Waals surface area contributed by atoms with Crippen molar-refractivity contribution in [2.24, 2.45) is 0 Å². The first-order valence-corrected chi connectivity index (χ1v) is 4.28. The maximum Gasteiger partial charge on any atom is 0.113 e. The molecule has 1 unspecified atom stereocenters. The Hall–Kier alpha value is 0.660. The summed E-state index contributed by atoms with van der Waals surface area (Å²) in [5.41, 5.74) is 0.378. The standard InChI is InChI=1S/C4H8OS2/c6-7-4-2-1-3-5-4/h4,6H,1-3H2. The fourth-order valence-electron chi connectivity index (χ4n) is 0.631. The molecule has 3 heteroatoms. The lowest BCUT2D eigenvalue weighted by atomic mass is 10.4. The summed E-state index contributed by atoms with van der Waals surface area (Å²) < 4.78 is 5.19. The summed E-state index contributed by atoms with van der Waals surface area (Å²) in [4.78, 5) is 0. The maximum absolute atomic E-state index is 5.19. The molecule has 42 valence electrons. The molecule has 1 aliphatic rings. The average Bonchev–Trinajstić information content (AvgIpc) is 2.14. The molecular formula is C4H8OS2. The van der Waals surface area contributed by atoms with E-state index < -0.39 is 0 Å². The maximum atomic E-state index is 5.19. The largest absolute Gasteiger partial charge is 0.367 e. The Morgan fingerprint density at radius 2 is 2.57 bits per heavy atom. The molecule has 1 nitrogen and oxygen atoms in total. The molecular weight excluding hydrogens is 128 g/mol. The van der Waals surface area contributed by atoms with E-state index in [0.717, 1.165) is 6.61 Å². The zero-order chi connectivity index (χ0) is 5.11. The Labute approximate surface area is 52.6 Å². The summed E-state index contributed by atoms with van der Waals surface area (Å²) in [6, 6.07) is 0.